The van der Waals surface area contributed by atoms with Crippen molar-refractivity contribution in [1.82, 2.24) is 10.6 Å². The highest BCUT2D eigenvalue weighted by Gasteiger charge is 2.43. The molecule has 0 spiro atoms. The Kier molecular flexibility index (Phi) is 4.38. The maximum atomic E-state index is 12.6. The zero-order valence-corrected chi connectivity index (χ0v) is 16.4. The van der Waals surface area contributed by atoms with Crippen molar-refractivity contribution in [3.05, 3.63) is 64.9 Å². The summed E-state index contributed by atoms with van der Waals surface area (Å²) in [5.41, 5.74) is 3.80. The normalized spacial score (nSPS) is 18.6. The van der Waals surface area contributed by atoms with Crippen LogP contribution >= 0.6 is 0 Å². The van der Waals surface area contributed by atoms with Crippen LogP contribution in [0.3, 0.4) is 0 Å². The maximum Gasteiger partial charge on any atom is 0.322 e. The summed E-state index contributed by atoms with van der Waals surface area (Å²) in [6.45, 7) is 5.66. The van der Waals surface area contributed by atoms with Crippen LogP contribution in [0.2, 0.25) is 0 Å². The third-order valence-electron chi connectivity index (χ3n) is 5.39. The van der Waals surface area contributed by atoms with Crippen molar-refractivity contribution in [2.75, 3.05) is 5.32 Å². The van der Waals surface area contributed by atoms with Gasteiger partial charge in [-0.05, 0) is 61.7 Å². The first kappa shape index (κ1) is 18.7. The Hall–Kier alpha value is -3.61. The molecule has 2 aromatic carbocycles. The number of carbonyl (C=O) groups excluding carboxylic acids is 3. The number of imide groups is 1. The van der Waals surface area contributed by atoms with Crippen molar-refractivity contribution in [2.45, 2.75) is 32.7 Å². The van der Waals surface area contributed by atoms with Crippen LogP contribution in [0.15, 0.2) is 47.1 Å². The fourth-order valence-corrected chi connectivity index (χ4v) is 3.51. The molecule has 4 amide bonds. The van der Waals surface area contributed by atoms with Crippen molar-refractivity contribution in [2.24, 2.45) is 0 Å². The van der Waals surface area contributed by atoms with Gasteiger partial charge in [0, 0.05) is 16.6 Å². The third kappa shape index (κ3) is 3.35. The number of fused-ring (bicyclic) bond motifs is 1. The summed E-state index contributed by atoms with van der Waals surface area (Å²) in [5.74, 6) is -0.630. The number of benzene rings is 2. The predicted octanol–water partition coefficient (Wildman–Crippen LogP) is 3.29. The topological polar surface area (TPSA) is 100 Å². The SMILES string of the molecule is Cc1cc2occ(CC(=O)Nc3cccc([C@@]4(C)NC(=O)NC4=O)c3)c2cc1C. The maximum absolute atomic E-state index is 12.6. The van der Waals surface area contributed by atoms with Crippen molar-refractivity contribution in [3.63, 3.8) is 0 Å². The van der Waals surface area contributed by atoms with E-state index in [0.29, 0.717) is 11.3 Å². The molecule has 1 saturated heterocycles. The Morgan fingerprint density at radius 2 is 1.90 bits per heavy atom. The van der Waals surface area contributed by atoms with Crippen LogP contribution in [-0.4, -0.2) is 17.8 Å². The Bertz CT molecular complexity index is 1160. The minimum Gasteiger partial charge on any atom is -0.464 e. The van der Waals surface area contributed by atoms with E-state index in [1.54, 1.807) is 37.5 Å². The van der Waals surface area contributed by atoms with Crippen LogP contribution < -0.4 is 16.0 Å². The first-order chi connectivity index (χ1) is 13.8. The lowest BCUT2D eigenvalue weighted by Crippen LogP contribution is -2.40. The highest BCUT2D eigenvalue weighted by molar-refractivity contribution is 6.07. The molecule has 1 aliphatic heterocycles. The van der Waals surface area contributed by atoms with Gasteiger partial charge in [-0.3, -0.25) is 14.9 Å². The van der Waals surface area contributed by atoms with Crippen LogP contribution in [0.5, 0.6) is 0 Å². The molecule has 1 fully saturated rings. The molecule has 3 N–H and O–H groups in total. The van der Waals surface area contributed by atoms with Crippen LogP contribution in [-0.2, 0) is 21.5 Å². The van der Waals surface area contributed by atoms with Gasteiger partial charge in [0.25, 0.3) is 5.91 Å². The highest BCUT2D eigenvalue weighted by Crippen LogP contribution is 2.28. The Balaban J connectivity index is 1.53. The molecule has 1 atom stereocenters. The molecule has 7 nitrogen and oxygen atoms in total. The van der Waals surface area contributed by atoms with E-state index in [9.17, 15) is 14.4 Å². The van der Waals surface area contributed by atoms with E-state index in [4.69, 9.17) is 4.42 Å². The molecule has 0 radical (unpaired) electrons. The largest absolute Gasteiger partial charge is 0.464 e. The van der Waals surface area contributed by atoms with Gasteiger partial charge in [-0.1, -0.05) is 12.1 Å². The van der Waals surface area contributed by atoms with Gasteiger partial charge in [0.05, 0.1) is 12.7 Å². The summed E-state index contributed by atoms with van der Waals surface area (Å²) < 4.78 is 5.59. The number of carbonyl (C=O) groups is 3. The molecule has 7 heteroatoms. The zero-order valence-electron chi connectivity index (χ0n) is 16.4. The molecule has 2 heterocycles. The fourth-order valence-electron chi connectivity index (χ4n) is 3.51. The van der Waals surface area contributed by atoms with Gasteiger partial charge in [-0.2, -0.15) is 0 Å². The lowest BCUT2D eigenvalue weighted by Gasteiger charge is -2.21. The summed E-state index contributed by atoms with van der Waals surface area (Å²) in [5, 5.41) is 8.63. The number of amides is 4. The molecule has 3 aromatic rings. The average molecular weight is 391 g/mol. The van der Waals surface area contributed by atoms with E-state index in [1.165, 1.54) is 0 Å². The predicted molar refractivity (Wildman–Crippen MR) is 108 cm³/mol. The van der Waals surface area contributed by atoms with E-state index in [0.717, 1.165) is 27.7 Å². The standard InChI is InChI=1S/C22H21N3O4/c1-12-7-17-14(11-29-18(17)8-13(12)2)9-19(26)23-16-6-4-5-15(10-16)22(3)20(27)24-21(28)25-22/h4-8,10-11H,9H2,1-3H3,(H,23,26)(H2,24,25,27,28)/t22-/m1/s1. The van der Waals surface area contributed by atoms with Gasteiger partial charge in [0.15, 0.2) is 0 Å². The van der Waals surface area contributed by atoms with Crippen LogP contribution in [0.1, 0.15) is 29.2 Å². The molecule has 1 aliphatic rings. The second-order valence-corrected chi connectivity index (χ2v) is 7.53. The van der Waals surface area contributed by atoms with Crippen molar-refractivity contribution in [1.29, 1.82) is 0 Å². The molecule has 0 aliphatic carbocycles. The number of nitrogens with one attached hydrogen (secondary N) is 3. The Morgan fingerprint density at radius 1 is 1.14 bits per heavy atom. The van der Waals surface area contributed by atoms with E-state index in [2.05, 4.69) is 16.0 Å². The summed E-state index contributed by atoms with van der Waals surface area (Å²) in [4.78, 5) is 36.3. The number of hydrogen-bond donors (Lipinski definition) is 3. The number of anilines is 1. The highest BCUT2D eigenvalue weighted by atomic mass is 16.3. The minimum atomic E-state index is -1.17. The average Bonchev–Trinajstić information content (AvgIpc) is 3.16. The molecule has 4 rings (SSSR count). The summed E-state index contributed by atoms with van der Waals surface area (Å²) in [7, 11) is 0. The second kappa shape index (κ2) is 6.77. The number of rotatable bonds is 4. The molecular formula is C22H21N3O4. The van der Waals surface area contributed by atoms with Gasteiger partial charge in [-0.25, -0.2) is 4.79 Å². The number of hydrogen-bond acceptors (Lipinski definition) is 4. The second-order valence-electron chi connectivity index (χ2n) is 7.53. The van der Waals surface area contributed by atoms with Crippen LogP contribution in [0, 0.1) is 13.8 Å². The molecule has 148 valence electrons. The molecule has 29 heavy (non-hydrogen) atoms. The zero-order chi connectivity index (χ0) is 20.8. The lowest BCUT2D eigenvalue weighted by molar-refractivity contribution is -0.123. The van der Waals surface area contributed by atoms with E-state index >= 15 is 0 Å². The number of urea groups is 1. The summed E-state index contributed by atoms with van der Waals surface area (Å²) >= 11 is 0. The van der Waals surface area contributed by atoms with Gasteiger partial charge < -0.3 is 15.1 Å². The smallest absolute Gasteiger partial charge is 0.322 e. The number of furan rings is 1. The quantitative estimate of drug-likeness (QED) is 0.594. The summed E-state index contributed by atoms with van der Waals surface area (Å²) in [6.07, 6.45) is 1.77. The number of aryl methyl sites for hydroxylation is 2. The fraction of sp³-hybridized carbons (Fsp3) is 0.227. The van der Waals surface area contributed by atoms with Gasteiger partial charge >= 0.3 is 6.03 Å². The Morgan fingerprint density at radius 3 is 2.62 bits per heavy atom. The molecule has 0 bridgehead atoms. The first-order valence-electron chi connectivity index (χ1n) is 9.27. The Labute approximate surface area is 167 Å². The summed E-state index contributed by atoms with van der Waals surface area (Å²) in [6, 6.07) is 10.3. The minimum absolute atomic E-state index is 0.161. The molecule has 0 unspecified atom stereocenters. The van der Waals surface area contributed by atoms with E-state index in [1.807, 2.05) is 26.0 Å². The van der Waals surface area contributed by atoms with Gasteiger partial charge in [0.2, 0.25) is 5.91 Å². The first-order valence-corrected chi connectivity index (χ1v) is 9.27. The molecule has 1 aromatic heterocycles. The van der Waals surface area contributed by atoms with Crippen LogP contribution in [0.25, 0.3) is 11.0 Å². The van der Waals surface area contributed by atoms with Crippen LogP contribution in [0.4, 0.5) is 10.5 Å². The van der Waals surface area contributed by atoms with Crippen molar-refractivity contribution >= 4 is 34.5 Å². The van der Waals surface area contributed by atoms with Crippen molar-refractivity contribution in [3.8, 4) is 0 Å². The third-order valence-corrected chi connectivity index (χ3v) is 5.39. The van der Waals surface area contributed by atoms with E-state index in [-0.39, 0.29) is 12.3 Å². The van der Waals surface area contributed by atoms with Gasteiger partial charge in [0.1, 0.15) is 11.1 Å². The molecular weight excluding hydrogens is 370 g/mol. The van der Waals surface area contributed by atoms with Crippen molar-refractivity contribution < 1.29 is 18.8 Å². The van der Waals surface area contributed by atoms with Gasteiger partial charge in [-0.15, -0.1) is 0 Å². The lowest BCUT2D eigenvalue weighted by atomic mass is 9.92. The molecule has 0 saturated carbocycles. The monoisotopic (exact) mass is 391 g/mol. The van der Waals surface area contributed by atoms with E-state index < -0.39 is 17.5 Å².